The summed E-state index contributed by atoms with van der Waals surface area (Å²) < 4.78 is 4.90. The van der Waals surface area contributed by atoms with Gasteiger partial charge < -0.3 is 4.74 Å². The van der Waals surface area contributed by atoms with Crippen LogP contribution in [-0.2, 0) is 9.53 Å². The van der Waals surface area contributed by atoms with Crippen LogP contribution in [0.2, 0.25) is 0 Å². The molecule has 0 radical (unpaired) electrons. The quantitative estimate of drug-likeness (QED) is 0.335. The molecule has 1 aliphatic heterocycles. The number of ether oxygens (including phenoxy) is 1. The molecule has 0 saturated carbocycles. The molecule has 2 heteroatoms. The molecule has 0 N–H and O–H groups in total. The van der Waals surface area contributed by atoms with Gasteiger partial charge in [0.15, 0.2) is 0 Å². The molecule has 13 heavy (non-hydrogen) atoms. The van der Waals surface area contributed by atoms with Crippen molar-refractivity contribution >= 4 is 5.97 Å². The molecule has 1 unspecified atom stereocenters. The first-order chi connectivity index (χ1) is 6.33. The number of carbonyl (C=O) groups is 1. The highest BCUT2D eigenvalue weighted by molar-refractivity contribution is 5.71. The van der Waals surface area contributed by atoms with Gasteiger partial charge in [-0.2, -0.15) is 0 Å². The highest BCUT2D eigenvalue weighted by Crippen LogP contribution is 2.13. The normalized spacial score (nSPS) is 18.7. The van der Waals surface area contributed by atoms with E-state index in [0.29, 0.717) is 6.42 Å². The molecule has 0 aliphatic carbocycles. The second kappa shape index (κ2) is 4.88. The van der Waals surface area contributed by atoms with Crippen LogP contribution in [0.3, 0.4) is 0 Å². The van der Waals surface area contributed by atoms with Crippen LogP contribution in [0.5, 0.6) is 0 Å². The zero-order valence-electron chi connectivity index (χ0n) is 7.04. The Bertz CT molecular complexity index is 354. The predicted octanol–water partition coefficient (Wildman–Crippen LogP) is 1.04. The fourth-order valence-electron chi connectivity index (χ4n) is 0.939. The molecule has 1 rings (SSSR count). The van der Waals surface area contributed by atoms with Gasteiger partial charge in [0.05, 0.1) is 0 Å². The molecular formula is C11H8O2. The molecule has 1 atom stereocenters. The molecule has 1 saturated heterocycles. The van der Waals surface area contributed by atoms with Crippen LogP contribution in [-0.4, -0.2) is 12.1 Å². The third kappa shape index (κ3) is 3.34. The van der Waals surface area contributed by atoms with E-state index >= 15 is 0 Å². The zero-order valence-corrected chi connectivity index (χ0v) is 7.04. The fourth-order valence-corrected chi connectivity index (χ4v) is 0.939. The number of hydrogen-bond acceptors (Lipinski definition) is 2. The third-order valence-electron chi connectivity index (χ3n) is 1.50. The average Bonchev–Trinajstić information content (AvgIpc) is 2.51. The van der Waals surface area contributed by atoms with E-state index in [9.17, 15) is 4.79 Å². The lowest BCUT2D eigenvalue weighted by molar-refractivity contribution is -0.139. The van der Waals surface area contributed by atoms with Crippen molar-refractivity contribution in [3.05, 3.63) is 17.9 Å². The Morgan fingerprint density at radius 2 is 2.46 bits per heavy atom. The van der Waals surface area contributed by atoms with E-state index in [4.69, 9.17) is 11.2 Å². The van der Waals surface area contributed by atoms with Crippen LogP contribution in [0.15, 0.2) is 17.9 Å². The molecule has 0 spiro atoms. The summed E-state index contributed by atoms with van der Waals surface area (Å²) >= 11 is 0. The first-order valence-corrected chi connectivity index (χ1v) is 3.89. The molecule has 2 nitrogen and oxygen atoms in total. The average molecular weight is 172 g/mol. The lowest BCUT2D eigenvalue weighted by Crippen LogP contribution is -2.01. The maximum Gasteiger partial charge on any atom is 0.306 e. The molecule has 64 valence electrons. The van der Waals surface area contributed by atoms with Gasteiger partial charge in [0.25, 0.3) is 0 Å². The topological polar surface area (TPSA) is 26.3 Å². The van der Waals surface area contributed by atoms with Crippen molar-refractivity contribution in [2.24, 2.45) is 0 Å². The second-order valence-electron chi connectivity index (χ2n) is 2.46. The third-order valence-corrected chi connectivity index (χ3v) is 1.50. The lowest BCUT2D eigenvalue weighted by Gasteiger charge is -1.97. The van der Waals surface area contributed by atoms with Gasteiger partial charge in [0.2, 0.25) is 0 Å². The predicted molar refractivity (Wildman–Crippen MR) is 48.4 cm³/mol. The second-order valence-corrected chi connectivity index (χ2v) is 2.46. The molecule has 0 aromatic heterocycles. The maximum atomic E-state index is 10.7. The molecule has 1 fully saturated rings. The zero-order chi connectivity index (χ0) is 9.52. The Labute approximate surface area is 77.3 Å². The van der Waals surface area contributed by atoms with Crippen molar-refractivity contribution in [1.29, 1.82) is 0 Å². The number of esters is 1. The van der Waals surface area contributed by atoms with Crippen molar-refractivity contribution in [3.8, 4) is 24.2 Å². The molecule has 0 amide bonds. The Morgan fingerprint density at radius 1 is 1.62 bits per heavy atom. The number of carbonyl (C=O) groups excluding carboxylic acids is 1. The molecule has 1 aliphatic rings. The van der Waals surface area contributed by atoms with Gasteiger partial charge >= 0.3 is 5.97 Å². The van der Waals surface area contributed by atoms with Crippen LogP contribution < -0.4 is 0 Å². The molecule has 0 bridgehead atoms. The van der Waals surface area contributed by atoms with Gasteiger partial charge in [0.1, 0.15) is 6.10 Å². The van der Waals surface area contributed by atoms with Crippen LogP contribution >= 0.6 is 0 Å². The van der Waals surface area contributed by atoms with Crippen LogP contribution in [0.25, 0.3) is 0 Å². The van der Waals surface area contributed by atoms with Gasteiger partial charge in [-0.3, -0.25) is 4.79 Å². The summed E-state index contributed by atoms with van der Waals surface area (Å²) in [6, 6.07) is 0. The van der Waals surface area contributed by atoms with Crippen molar-refractivity contribution < 1.29 is 9.53 Å². The first kappa shape index (κ1) is 9.20. The van der Waals surface area contributed by atoms with E-state index in [0.717, 1.165) is 6.42 Å². The summed E-state index contributed by atoms with van der Waals surface area (Å²) in [5.41, 5.74) is 2.79. The first-order valence-electron chi connectivity index (χ1n) is 3.89. The van der Waals surface area contributed by atoms with E-state index in [1.807, 2.05) is 0 Å². The summed E-state index contributed by atoms with van der Waals surface area (Å²) in [7, 11) is 0. The van der Waals surface area contributed by atoms with E-state index in [1.54, 1.807) is 6.08 Å². The standard InChI is InChI=1S/C11H8O2/c1-2-3-4-5-6-7-10-8-9-11(12)13-10/h1,5,7,10H,8-9H2. The summed E-state index contributed by atoms with van der Waals surface area (Å²) in [5, 5.41) is 0. The Morgan fingerprint density at radius 3 is 3.08 bits per heavy atom. The lowest BCUT2D eigenvalue weighted by atomic mass is 10.2. The highest BCUT2D eigenvalue weighted by atomic mass is 16.5. The van der Waals surface area contributed by atoms with Crippen LogP contribution in [0, 0.1) is 24.2 Å². The van der Waals surface area contributed by atoms with Gasteiger partial charge in [-0.05, 0) is 24.3 Å². The van der Waals surface area contributed by atoms with E-state index in [2.05, 4.69) is 23.5 Å². The Hall–Kier alpha value is -1.89. The monoisotopic (exact) mass is 172 g/mol. The van der Waals surface area contributed by atoms with Crippen LogP contribution in [0.1, 0.15) is 12.8 Å². The SMILES string of the molecule is C#CC#CC=C=CC1CCC(=O)O1. The van der Waals surface area contributed by atoms with E-state index in [-0.39, 0.29) is 12.1 Å². The summed E-state index contributed by atoms with van der Waals surface area (Å²) in [6.45, 7) is 0. The van der Waals surface area contributed by atoms with Crippen molar-refractivity contribution in [2.45, 2.75) is 18.9 Å². The fraction of sp³-hybridized carbons (Fsp3) is 0.273. The van der Waals surface area contributed by atoms with Gasteiger partial charge in [0, 0.05) is 12.5 Å². The minimum Gasteiger partial charge on any atom is -0.457 e. The summed E-state index contributed by atoms with van der Waals surface area (Å²) in [5.74, 6) is 7.01. The smallest absolute Gasteiger partial charge is 0.306 e. The highest BCUT2D eigenvalue weighted by Gasteiger charge is 2.20. The van der Waals surface area contributed by atoms with Crippen LogP contribution in [0.4, 0.5) is 0 Å². The number of terminal acetylenes is 1. The number of cyclic esters (lactones) is 1. The van der Waals surface area contributed by atoms with Gasteiger partial charge in [-0.25, -0.2) is 0 Å². The minimum absolute atomic E-state index is 0.142. The molecular weight excluding hydrogens is 164 g/mol. The Balaban J connectivity index is 2.45. The number of hydrogen-bond donors (Lipinski definition) is 0. The van der Waals surface area contributed by atoms with Crippen molar-refractivity contribution in [3.63, 3.8) is 0 Å². The van der Waals surface area contributed by atoms with E-state index < -0.39 is 0 Å². The van der Waals surface area contributed by atoms with E-state index in [1.165, 1.54) is 6.08 Å². The maximum absolute atomic E-state index is 10.7. The summed E-state index contributed by atoms with van der Waals surface area (Å²) in [4.78, 5) is 10.7. The van der Waals surface area contributed by atoms with Gasteiger partial charge in [-0.1, -0.05) is 5.92 Å². The summed E-state index contributed by atoms with van der Waals surface area (Å²) in [6.07, 6.45) is 9.15. The van der Waals surface area contributed by atoms with Crippen molar-refractivity contribution in [2.75, 3.05) is 0 Å². The largest absolute Gasteiger partial charge is 0.457 e. The number of rotatable bonds is 1. The molecule has 0 aromatic carbocycles. The molecule has 1 heterocycles. The minimum atomic E-state index is -0.155. The Kier molecular flexibility index (Phi) is 3.45. The van der Waals surface area contributed by atoms with Gasteiger partial charge in [-0.15, -0.1) is 12.2 Å². The van der Waals surface area contributed by atoms with Crippen molar-refractivity contribution in [1.82, 2.24) is 0 Å². The molecule has 0 aromatic rings.